The molecule has 8 heterocycles. The third-order valence-electron chi connectivity index (χ3n) is 22.8. The fourth-order valence-electron chi connectivity index (χ4n) is 16.9. The van der Waals surface area contributed by atoms with Crippen LogP contribution in [0.15, 0.2) is 121 Å². The predicted molar refractivity (Wildman–Crippen MR) is 519 cm³/mol. The number of amides is 3. The number of aromatic nitrogens is 4. The molecule has 3 amide bonds. The summed E-state index contributed by atoms with van der Waals surface area (Å²) in [6.45, 7) is 10.7. The van der Waals surface area contributed by atoms with Crippen LogP contribution in [0, 0.1) is 5.41 Å². The van der Waals surface area contributed by atoms with Gasteiger partial charge < -0.3 is 137 Å². The first-order valence-electron chi connectivity index (χ1n) is 46.9. The van der Waals surface area contributed by atoms with Crippen LogP contribution in [0.5, 0.6) is 23.0 Å². The zero-order chi connectivity index (χ0) is 109. The van der Waals surface area contributed by atoms with E-state index < -0.39 is 238 Å². The van der Waals surface area contributed by atoms with Crippen molar-refractivity contribution in [1.29, 1.82) is 5.41 Å². The molecule has 0 aliphatic carbocycles. The Labute approximate surface area is 854 Å². The van der Waals surface area contributed by atoms with Gasteiger partial charge >= 0.3 is 83.6 Å². The van der Waals surface area contributed by atoms with Crippen molar-refractivity contribution in [2.45, 2.75) is 219 Å². The molecule has 5 aliphatic rings. The van der Waals surface area contributed by atoms with Crippen LogP contribution in [0.3, 0.4) is 0 Å². The van der Waals surface area contributed by atoms with Gasteiger partial charge in [-0.15, -0.1) is 0 Å². The number of fused-ring (bicyclic) bond motifs is 8. The number of ether oxygens (including phenoxy) is 19. The molecule has 3 fully saturated rings. The number of carboxylic acid groups (broad SMARTS) is 2. The van der Waals surface area contributed by atoms with E-state index in [0.717, 1.165) is 83.1 Å². The van der Waals surface area contributed by atoms with Crippen LogP contribution < -0.4 is 45.9 Å². The highest BCUT2D eigenvalue weighted by Crippen LogP contribution is 2.43. The lowest BCUT2D eigenvalue weighted by molar-refractivity contribution is -0.288. The van der Waals surface area contributed by atoms with E-state index in [0.29, 0.717) is 95.1 Å². The lowest BCUT2D eigenvalue weighted by Gasteiger charge is -2.43. The third kappa shape index (κ3) is 30.5. The normalized spacial score (nSPS) is 20.7. The molecule has 3 saturated heterocycles. The number of aromatic amines is 2. The Balaban J connectivity index is 1.00. The van der Waals surface area contributed by atoms with Crippen molar-refractivity contribution in [3.63, 3.8) is 0 Å². The summed E-state index contributed by atoms with van der Waals surface area (Å²) in [7, 11) is 0. The molecule has 3 aromatic heterocycles. The van der Waals surface area contributed by atoms with Crippen molar-refractivity contribution >= 4 is 154 Å². The van der Waals surface area contributed by atoms with Crippen LogP contribution in [0.4, 0.5) is 0 Å². The second-order valence-corrected chi connectivity index (χ2v) is 34.5. The van der Waals surface area contributed by atoms with E-state index in [4.69, 9.17) is 116 Å². The fraction of sp³-hybridized carbons (Fsp3) is 0.392. The fourth-order valence-corrected chi connectivity index (χ4v) is 16.9. The van der Waals surface area contributed by atoms with Gasteiger partial charge in [-0.1, -0.05) is 48.5 Å². The molecule has 0 radical (unpaired) electrons. The molecule has 5 aliphatic heterocycles. The molecule has 8 bridgehead atoms. The minimum atomic E-state index is -1.81. The molecular formula is C102H110N10O38. The molecule has 17 atom stereocenters. The number of esters is 12. The van der Waals surface area contributed by atoms with Crippen LogP contribution in [0.25, 0.3) is 90.9 Å². The number of carboxylic acids is 2. The lowest BCUT2D eigenvalue weighted by atomic mass is 9.98. The van der Waals surface area contributed by atoms with Crippen molar-refractivity contribution in [1.82, 2.24) is 41.2 Å². The largest absolute Gasteiger partial charge is 0.494 e. The van der Waals surface area contributed by atoms with E-state index in [1.54, 1.807) is 140 Å². The molecule has 12 rings (SSSR count). The van der Waals surface area contributed by atoms with Crippen LogP contribution >= 0.6 is 0 Å². The monoisotopic (exact) mass is 2080 g/mol. The predicted octanol–water partition coefficient (Wildman–Crippen LogP) is 6.78. The molecule has 2 unspecified atom stereocenters. The van der Waals surface area contributed by atoms with Crippen LogP contribution in [0.2, 0.25) is 0 Å². The number of nitrogens with zero attached hydrogens (tertiary/aromatic N) is 2. The van der Waals surface area contributed by atoms with Crippen molar-refractivity contribution < 1.29 is 182 Å². The summed E-state index contributed by atoms with van der Waals surface area (Å²) < 4.78 is 112. The second-order valence-electron chi connectivity index (χ2n) is 34.5. The number of aliphatic carboxylic acids is 2. The highest BCUT2D eigenvalue weighted by molar-refractivity contribution is 6.01. The first-order valence-corrected chi connectivity index (χ1v) is 46.9. The van der Waals surface area contributed by atoms with E-state index in [1.807, 2.05) is 11.4 Å². The number of benzene rings is 4. The minimum absolute atomic E-state index is 0.0247. The van der Waals surface area contributed by atoms with Gasteiger partial charge in [0.1, 0.15) is 73.2 Å². The summed E-state index contributed by atoms with van der Waals surface area (Å²) in [5.74, 6) is -15.6. The number of carbonyl (C=O) groups excluding carboxylic acids is 15. The highest BCUT2D eigenvalue weighted by atomic mass is 16.8. The van der Waals surface area contributed by atoms with Gasteiger partial charge in [0.15, 0.2) is 42.6 Å². The highest BCUT2D eigenvalue weighted by Gasteiger charge is 2.57. The van der Waals surface area contributed by atoms with Crippen molar-refractivity contribution in [3.8, 4) is 67.5 Å². The molecule has 0 saturated carbocycles. The maximum atomic E-state index is 13.7. The summed E-state index contributed by atoms with van der Waals surface area (Å²) in [6.07, 6.45) is -17.1. The Bertz CT molecular complexity index is 6360. The number of hydrogen-bond donors (Lipinski definition) is 10. The van der Waals surface area contributed by atoms with Gasteiger partial charge in [0.2, 0.25) is 54.9 Å². The van der Waals surface area contributed by atoms with Crippen molar-refractivity contribution in [2.24, 2.45) is 5.73 Å². The summed E-state index contributed by atoms with van der Waals surface area (Å²) in [5, 5.41) is 35.8. The van der Waals surface area contributed by atoms with E-state index in [9.17, 15) is 86.6 Å². The molecule has 4 aromatic carbocycles. The number of nitrogens with two attached hydrogens (primary N) is 1. The summed E-state index contributed by atoms with van der Waals surface area (Å²) in [4.78, 5) is 234. The van der Waals surface area contributed by atoms with E-state index in [1.165, 1.54) is 0 Å². The van der Waals surface area contributed by atoms with Crippen LogP contribution in [0.1, 0.15) is 138 Å². The first kappa shape index (κ1) is 112. The molecule has 48 nitrogen and oxygen atoms in total. The van der Waals surface area contributed by atoms with Gasteiger partial charge in [-0.05, 0) is 139 Å². The molecule has 48 heteroatoms. The van der Waals surface area contributed by atoms with Gasteiger partial charge in [0.25, 0.3) is 0 Å². The Morgan fingerprint density at radius 2 is 0.660 bits per heavy atom. The zero-order valence-electron chi connectivity index (χ0n) is 83.0. The van der Waals surface area contributed by atoms with Gasteiger partial charge in [0, 0.05) is 140 Å². The topological polar surface area (TPSA) is 661 Å². The Morgan fingerprint density at radius 3 is 0.947 bits per heavy atom. The Hall–Kier alpha value is -17.2. The first-order chi connectivity index (χ1) is 71.4. The van der Waals surface area contributed by atoms with Crippen molar-refractivity contribution in [2.75, 3.05) is 39.5 Å². The number of H-pyrrole nitrogens is 2. The molecule has 150 heavy (non-hydrogen) atoms. The Morgan fingerprint density at radius 1 is 0.367 bits per heavy atom. The molecule has 0 spiro atoms. The van der Waals surface area contributed by atoms with Gasteiger partial charge in [-0.3, -0.25) is 82.1 Å². The van der Waals surface area contributed by atoms with E-state index in [2.05, 4.69) is 25.9 Å². The number of carbonyl (C=O) groups is 17. The molecule has 7 aromatic rings. The SMILES string of the molecule is CC(=O)OC[C@H]1O[C@@H](Oc2ccc(-c3c4nc(c(-c5ccc(O[C@@H]6O[C@H](COC(C)=O)[C@@H](OC(C)=O)[C@H](OC(C)=O)[C@H]6OC(C)=O)cc5)c5ccc([nH]5)c(-c5ccc(O[C@@H]6O[C@H](COC(C)=O)[C@@H](OC(C)=O)[C@H](OC(C)=O)[C@H]6OC(C)=O)cc5)c5nc(c(-c6ccc(OCCCC(=O)NC(CCCNC(=N)N)C(=O)NCC(=O)NC(CC(=O)O)C(=O)O)cc6)c6ccc3[nH]6)C=C5)C=C4)cc2)[C@H](OC(C)=O)[C@@H](OC(C)=O)[C@@H]1OC(C)=O. The smallest absolute Gasteiger partial charge is 0.326 e. The van der Waals surface area contributed by atoms with Gasteiger partial charge in [-0.2, -0.15) is 0 Å². The number of nitrogens with one attached hydrogen (secondary N) is 7. The standard InChI is InChI=1S/C102H110N10O38/c1-48(113)133-45-78-88(136-51(4)116)91(139-54(7)119)94(142-57(10)122)99(148-78)145-65-27-19-61(20-28-65)85-70-35-33-68(107-70)84(60-17-25-64(26-18-60)132-42-14-16-81(125)111-76(15-13-41-105-102(103)104)97(129)106-44-82(126)112-77(98(130)131)43-83(127)128)69-34-36-71(108-69)86(62-21-29-66(30-22-62)146-100-95(143-58(11)123)92(140-55(8)120)89(137-52(5)117)79(149-100)46-134-49(2)114)73-38-40-75(110-73)87(74-39-37-72(85)109-74)63-23-31-67(32-24-63)147-101-96(144-59(12)124)93(141-56(9)121)90(138-53(6)118)80(150-101)47-135-50(3)115/h17-40,76-80,88-96,99-101,107,110H,13-16,41-47H2,1-12H3,(H,106,129)(H,111,125)(H,112,126)(H,127,128)(H,130,131)(H4,103,104,105)/t76?,77?,78-,79-,80-,88-,89-,90-,91+,92+,93+,94-,95-,96-,99-,100-,101-/m1/s1. The molecule has 11 N–H and O–H groups in total. The van der Waals surface area contributed by atoms with Crippen LogP contribution in [-0.2, 0) is 153 Å². The number of hydrogen-bond acceptors (Lipinski definition) is 39. The maximum absolute atomic E-state index is 13.7. The second kappa shape index (κ2) is 51.2. The molecular weight excluding hydrogens is 1970 g/mol. The quantitative estimate of drug-likeness (QED) is 0.00619. The van der Waals surface area contributed by atoms with Crippen LogP contribution in [-0.4, -0.2) is 281 Å². The zero-order valence-corrected chi connectivity index (χ0v) is 83.0. The Kier molecular flexibility index (Phi) is 38.1. The van der Waals surface area contributed by atoms with Crippen molar-refractivity contribution in [3.05, 3.63) is 144 Å². The van der Waals surface area contributed by atoms with E-state index in [-0.39, 0.29) is 62.0 Å². The third-order valence-corrected chi connectivity index (χ3v) is 22.8. The summed E-state index contributed by atoms with van der Waals surface area (Å²) in [5.41, 5.74) is 12.3. The lowest BCUT2D eigenvalue weighted by Crippen LogP contribution is -2.63. The summed E-state index contributed by atoms with van der Waals surface area (Å²) >= 11 is 0. The maximum Gasteiger partial charge on any atom is 0.326 e. The number of guanidine groups is 1. The van der Waals surface area contributed by atoms with E-state index >= 15 is 0 Å². The number of rotatable bonds is 42. The van der Waals surface area contributed by atoms with Gasteiger partial charge in [0.05, 0.1) is 42.3 Å². The average molecular weight is 2080 g/mol. The average Bonchev–Trinajstić information content (AvgIpc) is 1.57. The molecule has 796 valence electrons. The summed E-state index contributed by atoms with van der Waals surface area (Å²) in [6, 6.07) is 30.4. The van der Waals surface area contributed by atoms with Gasteiger partial charge in [-0.25, -0.2) is 14.8 Å². The minimum Gasteiger partial charge on any atom is -0.494 e.